The van der Waals surface area contributed by atoms with E-state index in [2.05, 4.69) is 9.97 Å². The summed E-state index contributed by atoms with van der Waals surface area (Å²) < 4.78 is 5.24. The van der Waals surface area contributed by atoms with Gasteiger partial charge in [-0.25, -0.2) is 4.98 Å². The molecule has 0 radical (unpaired) electrons. The molecule has 7 nitrogen and oxygen atoms in total. The van der Waals surface area contributed by atoms with Gasteiger partial charge < -0.3 is 19.4 Å². The molecule has 0 spiro atoms. The predicted octanol–water partition coefficient (Wildman–Crippen LogP) is 3.66. The third-order valence-corrected chi connectivity index (χ3v) is 5.05. The minimum atomic E-state index is -1.03. The first-order valence-electron chi connectivity index (χ1n) is 9.33. The van der Waals surface area contributed by atoms with E-state index in [1.165, 1.54) is 6.26 Å². The van der Waals surface area contributed by atoms with Gasteiger partial charge in [0, 0.05) is 6.54 Å². The molecule has 1 fully saturated rings. The molecule has 1 atom stereocenters. The number of carbonyl (C=O) groups is 2. The van der Waals surface area contributed by atoms with Crippen LogP contribution in [0.3, 0.4) is 0 Å². The maximum absolute atomic E-state index is 13.2. The van der Waals surface area contributed by atoms with E-state index in [4.69, 9.17) is 9.52 Å². The van der Waals surface area contributed by atoms with Crippen LogP contribution in [0.1, 0.15) is 47.2 Å². The minimum Gasteiger partial charge on any atom is -0.481 e. The van der Waals surface area contributed by atoms with E-state index in [0.29, 0.717) is 12.1 Å². The van der Waals surface area contributed by atoms with Gasteiger partial charge in [0.05, 0.1) is 29.8 Å². The molecule has 1 unspecified atom stereocenters. The Bertz CT molecular complexity index is 976. The number of nitrogens with one attached hydrogen (secondary N) is 1. The fourth-order valence-corrected chi connectivity index (χ4v) is 3.69. The number of rotatable bonds is 5. The summed E-state index contributed by atoms with van der Waals surface area (Å²) >= 11 is 0. The number of piperidine rings is 1. The molecule has 7 heteroatoms. The molecule has 2 aromatic heterocycles. The molecule has 2 N–H and O–H groups in total. The van der Waals surface area contributed by atoms with Crippen LogP contribution in [-0.4, -0.2) is 38.4 Å². The topological polar surface area (TPSA) is 99.4 Å². The quantitative estimate of drug-likeness (QED) is 0.705. The molecule has 144 valence electrons. The number of likely N-dealkylation sites (tertiary alicyclic amines) is 1. The maximum Gasteiger partial charge on any atom is 0.311 e. The number of carboxylic acids is 1. The van der Waals surface area contributed by atoms with Crippen molar-refractivity contribution in [2.24, 2.45) is 0 Å². The lowest BCUT2D eigenvalue weighted by molar-refractivity contribution is -0.136. The SMILES string of the molecule is O=C(O)Cc1occc1C(=O)N1CCCCC1c1ncc(-c2ccccc2)[nH]1. The lowest BCUT2D eigenvalue weighted by Gasteiger charge is -2.34. The van der Waals surface area contributed by atoms with Gasteiger partial charge in [-0.1, -0.05) is 30.3 Å². The van der Waals surface area contributed by atoms with Crippen LogP contribution >= 0.6 is 0 Å². The summed E-state index contributed by atoms with van der Waals surface area (Å²) in [6.07, 6.45) is 5.55. The molecule has 1 aliphatic heterocycles. The van der Waals surface area contributed by atoms with Gasteiger partial charge in [0.1, 0.15) is 18.0 Å². The highest BCUT2D eigenvalue weighted by molar-refractivity contribution is 5.96. The second-order valence-corrected chi connectivity index (χ2v) is 6.89. The van der Waals surface area contributed by atoms with Crippen molar-refractivity contribution in [1.82, 2.24) is 14.9 Å². The second-order valence-electron chi connectivity index (χ2n) is 6.89. The largest absolute Gasteiger partial charge is 0.481 e. The molecule has 0 bridgehead atoms. The van der Waals surface area contributed by atoms with Crippen molar-refractivity contribution in [3.8, 4) is 11.3 Å². The van der Waals surface area contributed by atoms with E-state index < -0.39 is 5.97 Å². The molecular formula is C21H21N3O4. The number of benzene rings is 1. The van der Waals surface area contributed by atoms with Gasteiger partial charge in [-0.05, 0) is 30.9 Å². The van der Waals surface area contributed by atoms with Crippen LogP contribution in [0.25, 0.3) is 11.3 Å². The number of aromatic nitrogens is 2. The summed E-state index contributed by atoms with van der Waals surface area (Å²) in [5, 5.41) is 9.04. The Hall–Kier alpha value is -3.35. The molecule has 3 aromatic rings. The van der Waals surface area contributed by atoms with Crippen molar-refractivity contribution < 1.29 is 19.1 Å². The van der Waals surface area contributed by atoms with E-state index in [9.17, 15) is 9.59 Å². The summed E-state index contributed by atoms with van der Waals surface area (Å²) in [4.78, 5) is 33.9. The summed E-state index contributed by atoms with van der Waals surface area (Å²) in [5.41, 5.74) is 2.25. The number of hydrogen-bond donors (Lipinski definition) is 2. The first-order chi connectivity index (χ1) is 13.6. The smallest absolute Gasteiger partial charge is 0.311 e. The van der Waals surface area contributed by atoms with Gasteiger partial charge in [-0.15, -0.1) is 0 Å². The van der Waals surface area contributed by atoms with Crippen LogP contribution in [0.15, 0.2) is 53.3 Å². The normalized spacial score (nSPS) is 16.9. The molecule has 4 rings (SSSR count). The maximum atomic E-state index is 13.2. The van der Waals surface area contributed by atoms with E-state index in [0.717, 1.165) is 36.3 Å². The van der Waals surface area contributed by atoms with Gasteiger partial charge in [-0.3, -0.25) is 9.59 Å². The number of aliphatic carboxylic acids is 1. The highest BCUT2D eigenvalue weighted by Crippen LogP contribution is 2.32. The summed E-state index contributed by atoms with van der Waals surface area (Å²) in [6.45, 7) is 0.600. The summed E-state index contributed by atoms with van der Waals surface area (Å²) in [7, 11) is 0. The van der Waals surface area contributed by atoms with E-state index in [-0.39, 0.29) is 24.1 Å². The van der Waals surface area contributed by atoms with Gasteiger partial charge in [0.2, 0.25) is 0 Å². The second kappa shape index (κ2) is 7.72. The van der Waals surface area contributed by atoms with E-state index >= 15 is 0 Å². The minimum absolute atomic E-state index is 0.175. The lowest BCUT2D eigenvalue weighted by atomic mass is 10.00. The Labute approximate surface area is 162 Å². The van der Waals surface area contributed by atoms with E-state index in [1.54, 1.807) is 17.2 Å². The Kier molecular flexibility index (Phi) is 4.97. The number of hydrogen-bond acceptors (Lipinski definition) is 4. The summed E-state index contributed by atoms with van der Waals surface area (Å²) in [5.74, 6) is -0.313. The first-order valence-corrected chi connectivity index (χ1v) is 9.33. The molecule has 28 heavy (non-hydrogen) atoms. The van der Waals surface area contributed by atoms with Gasteiger partial charge in [0.15, 0.2) is 0 Å². The highest BCUT2D eigenvalue weighted by atomic mass is 16.4. The molecule has 0 saturated carbocycles. The van der Waals surface area contributed by atoms with Crippen molar-refractivity contribution in [3.63, 3.8) is 0 Å². The number of amides is 1. The number of H-pyrrole nitrogens is 1. The number of aromatic amines is 1. The molecule has 3 heterocycles. The number of nitrogens with zero attached hydrogens (tertiary/aromatic N) is 2. The van der Waals surface area contributed by atoms with Crippen LogP contribution in [0.2, 0.25) is 0 Å². The zero-order chi connectivity index (χ0) is 19.5. The molecule has 1 aliphatic rings. The van der Waals surface area contributed by atoms with Crippen LogP contribution in [0.5, 0.6) is 0 Å². The van der Waals surface area contributed by atoms with Crippen molar-refractivity contribution in [3.05, 3.63) is 66.0 Å². The van der Waals surface area contributed by atoms with Crippen LogP contribution in [0, 0.1) is 0 Å². The Morgan fingerprint density at radius 2 is 2.04 bits per heavy atom. The Morgan fingerprint density at radius 1 is 1.21 bits per heavy atom. The van der Waals surface area contributed by atoms with Crippen molar-refractivity contribution in [2.45, 2.75) is 31.7 Å². The van der Waals surface area contributed by atoms with Crippen LogP contribution in [0.4, 0.5) is 0 Å². The average Bonchev–Trinajstić information content (AvgIpc) is 3.37. The first kappa shape index (κ1) is 18.0. The highest BCUT2D eigenvalue weighted by Gasteiger charge is 2.32. The predicted molar refractivity (Wildman–Crippen MR) is 102 cm³/mol. The molecular weight excluding hydrogens is 358 g/mol. The number of carboxylic acid groups (broad SMARTS) is 1. The fourth-order valence-electron chi connectivity index (χ4n) is 3.69. The van der Waals surface area contributed by atoms with Gasteiger partial charge in [0.25, 0.3) is 5.91 Å². The molecule has 1 aromatic carbocycles. The zero-order valence-corrected chi connectivity index (χ0v) is 15.3. The Morgan fingerprint density at radius 3 is 2.82 bits per heavy atom. The van der Waals surface area contributed by atoms with Crippen molar-refractivity contribution in [2.75, 3.05) is 6.54 Å². The van der Waals surface area contributed by atoms with Crippen LogP contribution in [-0.2, 0) is 11.2 Å². The lowest BCUT2D eigenvalue weighted by Crippen LogP contribution is -2.39. The van der Waals surface area contributed by atoms with Gasteiger partial charge in [-0.2, -0.15) is 0 Å². The van der Waals surface area contributed by atoms with Crippen molar-refractivity contribution in [1.29, 1.82) is 0 Å². The number of furan rings is 1. The molecule has 1 saturated heterocycles. The zero-order valence-electron chi connectivity index (χ0n) is 15.3. The third-order valence-electron chi connectivity index (χ3n) is 5.05. The Balaban J connectivity index is 1.60. The van der Waals surface area contributed by atoms with Gasteiger partial charge >= 0.3 is 5.97 Å². The fraction of sp³-hybridized carbons (Fsp3) is 0.286. The number of carbonyl (C=O) groups excluding carboxylic acids is 1. The average molecular weight is 379 g/mol. The molecule has 1 amide bonds. The third kappa shape index (κ3) is 3.55. The standard InChI is InChI=1S/C21H21N3O4/c25-19(26)12-18-15(9-11-28-18)21(27)24-10-5-4-8-17(24)20-22-13-16(23-20)14-6-2-1-3-7-14/h1-3,6-7,9,11,13,17H,4-5,8,10,12H2,(H,22,23)(H,25,26). The molecule has 0 aliphatic carbocycles. The number of imidazole rings is 1. The van der Waals surface area contributed by atoms with Crippen LogP contribution < -0.4 is 0 Å². The summed E-state index contributed by atoms with van der Waals surface area (Å²) in [6, 6.07) is 11.3. The van der Waals surface area contributed by atoms with Crippen molar-refractivity contribution >= 4 is 11.9 Å². The van der Waals surface area contributed by atoms with E-state index in [1.807, 2.05) is 30.3 Å². The monoisotopic (exact) mass is 379 g/mol.